The summed E-state index contributed by atoms with van der Waals surface area (Å²) in [5.74, 6) is -0.469. The first kappa shape index (κ1) is 18.1. The fourth-order valence-corrected chi connectivity index (χ4v) is 2.41. The number of carbonyl (C=O) groups excluding carboxylic acids is 2. The molecule has 0 aliphatic carbocycles. The van der Waals surface area contributed by atoms with Gasteiger partial charge in [0.2, 0.25) is 0 Å². The van der Waals surface area contributed by atoms with E-state index in [1.807, 2.05) is 30.3 Å². The number of hydrogen-bond donors (Lipinski definition) is 0. The highest BCUT2D eigenvalue weighted by molar-refractivity contribution is 7.11. The Balaban J connectivity index is 0.00000242. The quantitative estimate of drug-likeness (QED) is 0.758. The summed E-state index contributed by atoms with van der Waals surface area (Å²) in [7, 11) is 0. The molecular weight excluding hydrogens is 324 g/mol. The van der Waals surface area contributed by atoms with Crippen molar-refractivity contribution in [1.82, 2.24) is 4.98 Å². The van der Waals surface area contributed by atoms with Crippen molar-refractivity contribution in [3.8, 4) is 0 Å². The average Bonchev–Trinajstić information content (AvgIpc) is 3.03. The van der Waals surface area contributed by atoms with Gasteiger partial charge < -0.3 is 9.64 Å². The molecule has 0 spiro atoms. The maximum absolute atomic E-state index is 12.5. The second-order valence-corrected chi connectivity index (χ2v) is 5.10. The van der Waals surface area contributed by atoms with Gasteiger partial charge in [-0.1, -0.05) is 18.2 Å². The Hall–Kier alpha value is -1.92. The first-order valence-electron chi connectivity index (χ1n) is 6.63. The van der Waals surface area contributed by atoms with Gasteiger partial charge in [-0.05, 0) is 19.1 Å². The van der Waals surface area contributed by atoms with Crippen LogP contribution in [0.5, 0.6) is 0 Å². The molecule has 5 nitrogen and oxygen atoms in total. The van der Waals surface area contributed by atoms with Crippen LogP contribution in [0, 0.1) is 0 Å². The van der Waals surface area contributed by atoms with Crippen molar-refractivity contribution in [3.05, 3.63) is 46.9 Å². The van der Waals surface area contributed by atoms with E-state index in [0.29, 0.717) is 11.5 Å². The van der Waals surface area contributed by atoms with Crippen molar-refractivity contribution in [2.45, 2.75) is 13.3 Å². The lowest BCUT2D eigenvalue weighted by Gasteiger charge is -2.21. The molecule has 1 heterocycles. The second-order valence-electron chi connectivity index (χ2n) is 4.21. The fraction of sp³-hybridized carbons (Fsp3) is 0.267. The molecule has 0 unspecified atom stereocenters. The molecule has 2 rings (SSSR count). The second kappa shape index (κ2) is 9.17. The Kier molecular flexibility index (Phi) is 7.56. The molecule has 1 aromatic heterocycles. The van der Waals surface area contributed by atoms with Crippen LogP contribution in [0.1, 0.15) is 23.0 Å². The number of aromatic nitrogens is 1. The van der Waals surface area contributed by atoms with E-state index in [2.05, 4.69) is 4.98 Å². The summed E-state index contributed by atoms with van der Waals surface area (Å²) in [4.78, 5) is 30.1. The number of nitrogens with zero attached hydrogens (tertiary/aromatic N) is 2. The summed E-state index contributed by atoms with van der Waals surface area (Å²) in [5, 5.41) is 0. The van der Waals surface area contributed by atoms with E-state index in [1.165, 1.54) is 17.5 Å². The number of esters is 1. The lowest BCUT2D eigenvalue weighted by Crippen LogP contribution is -2.32. The van der Waals surface area contributed by atoms with E-state index in [9.17, 15) is 9.59 Å². The van der Waals surface area contributed by atoms with Crippen LogP contribution in [-0.2, 0) is 9.53 Å². The van der Waals surface area contributed by atoms with Crippen LogP contribution in [0.2, 0.25) is 0 Å². The number of anilines is 1. The highest BCUT2D eigenvalue weighted by Crippen LogP contribution is 2.19. The Morgan fingerprint density at radius 3 is 2.59 bits per heavy atom. The number of rotatable bonds is 6. The van der Waals surface area contributed by atoms with Gasteiger partial charge in [-0.15, -0.1) is 23.7 Å². The molecular formula is C15H17ClN2O3S. The monoisotopic (exact) mass is 340 g/mol. The summed E-state index contributed by atoms with van der Waals surface area (Å²) < 4.78 is 4.91. The first-order valence-corrected chi connectivity index (χ1v) is 7.51. The Morgan fingerprint density at radius 2 is 2.00 bits per heavy atom. The summed E-state index contributed by atoms with van der Waals surface area (Å²) in [6, 6.07) is 9.26. The van der Waals surface area contributed by atoms with E-state index < -0.39 is 0 Å². The van der Waals surface area contributed by atoms with Crippen molar-refractivity contribution in [2.75, 3.05) is 18.1 Å². The minimum Gasteiger partial charge on any atom is -0.466 e. The largest absolute Gasteiger partial charge is 0.466 e. The van der Waals surface area contributed by atoms with Crippen molar-refractivity contribution < 1.29 is 14.3 Å². The van der Waals surface area contributed by atoms with Crippen molar-refractivity contribution >= 4 is 41.3 Å². The number of hydrogen-bond acceptors (Lipinski definition) is 5. The molecule has 0 atom stereocenters. The Morgan fingerprint density at radius 1 is 1.27 bits per heavy atom. The van der Waals surface area contributed by atoms with Gasteiger partial charge in [0.25, 0.3) is 5.91 Å². The lowest BCUT2D eigenvalue weighted by molar-refractivity contribution is -0.142. The maximum Gasteiger partial charge on any atom is 0.307 e. The average molecular weight is 341 g/mol. The standard InChI is InChI=1S/C15H16N2O3S.ClH/c1-2-20-14(18)8-9-17(12-6-4-3-5-7-12)15(19)13-10-16-11-21-13;/h3-7,10-11H,2,8-9H2,1H3;1H. The van der Waals surface area contributed by atoms with Crippen LogP contribution < -0.4 is 4.90 Å². The number of halogens is 1. The van der Waals surface area contributed by atoms with Gasteiger partial charge in [0.05, 0.1) is 24.7 Å². The molecule has 0 aliphatic heterocycles. The SMILES string of the molecule is CCOC(=O)CCN(C(=O)c1cncs1)c1ccccc1.Cl. The van der Waals surface area contributed by atoms with Crippen LogP contribution in [0.25, 0.3) is 0 Å². The Bertz CT molecular complexity index is 590. The molecule has 1 aromatic carbocycles. The van der Waals surface area contributed by atoms with Crippen molar-refractivity contribution in [2.24, 2.45) is 0 Å². The summed E-state index contributed by atoms with van der Waals surface area (Å²) >= 11 is 1.28. The fourth-order valence-electron chi connectivity index (χ4n) is 1.85. The lowest BCUT2D eigenvalue weighted by atomic mass is 10.2. The molecule has 0 bridgehead atoms. The molecule has 0 saturated heterocycles. The molecule has 0 aliphatic rings. The maximum atomic E-state index is 12.5. The molecule has 1 amide bonds. The highest BCUT2D eigenvalue weighted by Gasteiger charge is 2.20. The molecule has 0 N–H and O–H groups in total. The topological polar surface area (TPSA) is 59.5 Å². The van der Waals surface area contributed by atoms with E-state index >= 15 is 0 Å². The number of thiazole rings is 1. The smallest absolute Gasteiger partial charge is 0.307 e. The predicted octanol–water partition coefficient (Wildman–Crippen LogP) is 3.16. The van der Waals surface area contributed by atoms with Gasteiger partial charge in [-0.3, -0.25) is 14.6 Å². The van der Waals surface area contributed by atoms with Crippen molar-refractivity contribution in [3.63, 3.8) is 0 Å². The van der Waals surface area contributed by atoms with Crippen LogP contribution in [0.3, 0.4) is 0 Å². The van der Waals surface area contributed by atoms with Gasteiger partial charge in [-0.25, -0.2) is 0 Å². The molecule has 7 heteroatoms. The minimum atomic E-state index is -0.310. The van der Waals surface area contributed by atoms with E-state index in [4.69, 9.17) is 4.74 Å². The number of para-hydroxylation sites is 1. The van der Waals surface area contributed by atoms with E-state index in [1.54, 1.807) is 17.3 Å². The molecule has 0 saturated carbocycles. The molecule has 2 aromatic rings. The number of carbonyl (C=O) groups is 2. The third-order valence-corrected chi connectivity index (χ3v) is 3.56. The van der Waals surface area contributed by atoms with Crippen LogP contribution in [-0.4, -0.2) is 30.0 Å². The zero-order valence-electron chi connectivity index (χ0n) is 12.1. The molecule has 0 radical (unpaired) electrons. The summed E-state index contributed by atoms with van der Waals surface area (Å²) in [5.41, 5.74) is 2.36. The van der Waals surface area contributed by atoms with Crippen molar-refractivity contribution in [1.29, 1.82) is 0 Å². The minimum absolute atomic E-state index is 0. The van der Waals surface area contributed by atoms with Crippen LogP contribution in [0.4, 0.5) is 5.69 Å². The Labute approximate surface area is 139 Å². The van der Waals surface area contributed by atoms with Gasteiger partial charge >= 0.3 is 5.97 Å². The zero-order chi connectivity index (χ0) is 15.1. The summed E-state index contributed by atoms with van der Waals surface area (Å²) in [6.45, 7) is 2.38. The van der Waals surface area contributed by atoms with Gasteiger partial charge in [0.1, 0.15) is 4.88 Å². The van der Waals surface area contributed by atoms with Gasteiger partial charge in [0.15, 0.2) is 0 Å². The third kappa shape index (κ3) is 4.82. The zero-order valence-corrected chi connectivity index (χ0v) is 13.7. The van der Waals surface area contributed by atoms with Gasteiger partial charge in [-0.2, -0.15) is 0 Å². The number of ether oxygens (including phenoxy) is 1. The van der Waals surface area contributed by atoms with E-state index in [-0.39, 0.29) is 37.2 Å². The number of amides is 1. The third-order valence-electron chi connectivity index (χ3n) is 2.80. The van der Waals surface area contributed by atoms with Gasteiger partial charge in [0, 0.05) is 12.2 Å². The number of benzene rings is 1. The van der Waals surface area contributed by atoms with E-state index in [0.717, 1.165) is 5.69 Å². The molecule has 118 valence electrons. The summed E-state index contributed by atoms with van der Waals surface area (Å²) in [6.07, 6.45) is 1.70. The predicted molar refractivity (Wildman–Crippen MR) is 88.7 cm³/mol. The first-order chi connectivity index (χ1) is 10.2. The van der Waals surface area contributed by atoms with Crippen LogP contribution >= 0.6 is 23.7 Å². The highest BCUT2D eigenvalue weighted by atomic mass is 35.5. The molecule has 22 heavy (non-hydrogen) atoms. The normalized spacial score (nSPS) is 9.68. The van der Waals surface area contributed by atoms with Crippen LogP contribution in [0.15, 0.2) is 42.0 Å². The molecule has 0 fully saturated rings.